The fourth-order valence-electron chi connectivity index (χ4n) is 6.83. The Morgan fingerprint density at radius 2 is 1.54 bits per heavy atom. The number of hydrogen-bond donors (Lipinski definition) is 6. The number of carbonyl (C=O) groups is 3. The maximum Gasteiger partial charge on any atom is 0.417 e. The maximum absolute atomic E-state index is 14.2. The Balaban J connectivity index is 1.18. The zero-order chi connectivity index (χ0) is 36.7. The van der Waals surface area contributed by atoms with E-state index in [2.05, 4.69) is 41.9 Å². The van der Waals surface area contributed by atoms with Crippen LogP contribution in [0.2, 0.25) is 0 Å². The second-order valence-corrected chi connectivity index (χ2v) is 13.5. The van der Waals surface area contributed by atoms with E-state index in [1.54, 1.807) is 48.5 Å². The quantitative estimate of drug-likeness (QED) is 0.132. The number of rotatable bonds is 11. The molecule has 1 unspecified atom stereocenters. The first-order chi connectivity index (χ1) is 25.1. The Kier molecular flexibility index (Phi) is 11.6. The Morgan fingerprint density at radius 1 is 0.865 bits per heavy atom. The van der Waals surface area contributed by atoms with Gasteiger partial charge >= 0.3 is 6.18 Å². The van der Waals surface area contributed by atoms with Crippen LogP contribution in [-0.4, -0.2) is 70.1 Å². The van der Waals surface area contributed by atoms with E-state index in [-0.39, 0.29) is 29.9 Å². The third-order valence-corrected chi connectivity index (χ3v) is 9.91. The molecule has 3 amide bonds. The van der Waals surface area contributed by atoms with Gasteiger partial charge in [-0.2, -0.15) is 18.4 Å². The predicted octanol–water partition coefficient (Wildman–Crippen LogP) is 4.47. The Labute approximate surface area is 298 Å². The highest BCUT2D eigenvalue weighted by molar-refractivity contribution is 5.98. The summed E-state index contributed by atoms with van der Waals surface area (Å²) in [5, 5.41) is 25.6. The van der Waals surface area contributed by atoms with Crippen LogP contribution in [-0.2, 0) is 22.2 Å². The number of alkyl halides is 3. The molecule has 15 heteroatoms. The van der Waals surface area contributed by atoms with Gasteiger partial charge in [0, 0.05) is 29.6 Å². The zero-order valence-corrected chi connectivity index (χ0v) is 28.5. The van der Waals surface area contributed by atoms with Crippen molar-refractivity contribution in [1.82, 2.24) is 36.6 Å². The molecule has 1 aliphatic carbocycles. The lowest BCUT2D eigenvalue weighted by Gasteiger charge is -2.28. The first-order valence-corrected chi connectivity index (χ1v) is 17.5. The van der Waals surface area contributed by atoms with Gasteiger partial charge in [0.15, 0.2) is 0 Å². The van der Waals surface area contributed by atoms with Crippen LogP contribution in [0.15, 0.2) is 66.7 Å². The minimum absolute atomic E-state index is 0.139. The van der Waals surface area contributed by atoms with Crippen molar-refractivity contribution in [3.05, 3.63) is 83.4 Å². The van der Waals surface area contributed by atoms with E-state index in [1.165, 1.54) is 12.1 Å². The Morgan fingerprint density at radius 3 is 2.17 bits per heavy atom. The number of benzene rings is 3. The summed E-state index contributed by atoms with van der Waals surface area (Å²) in [5.41, 5.74) is 7.09. The van der Waals surface area contributed by atoms with Gasteiger partial charge < -0.3 is 27.0 Å². The van der Waals surface area contributed by atoms with Gasteiger partial charge in [-0.05, 0) is 122 Å². The zero-order valence-electron chi connectivity index (χ0n) is 28.5. The highest BCUT2D eigenvalue weighted by Crippen LogP contribution is 2.35. The van der Waals surface area contributed by atoms with Crippen molar-refractivity contribution in [2.75, 3.05) is 25.0 Å². The molecule has 1 saturated carbocycles. The molecule has 0 radical (unpaired) electrons. The van der Waals surface area contributed by atoms with E-state index >= 15 is 0 Å². The average Bonchev–Trinajstić information content (AvgIpc) is 3.70. The first-order valence-electron chi connectivity index (χ1n) is 17.5. The number of aromatic nitrogens is 4. The van der Waals surface area contributed by atoms with Gasteiger partial charge in [-0.25, -0.2) is 0 Å². The number of nitrogens with zero attached hydrogens (tertiary/aromatic N) is 3. The fourth-order valence-corrected chi connectivity index (χ4v) is 6.83. The summed E-state index contributed by atoms with van der Waals surface area (Å²) in [6.07, 6.45) is -0.240. The monoisotopic (exact) mass is 717 g/mol. The molecule has 1 aromatic heterocycles. The van der Waals surface area contributed by atoms with Crippen molar-refractivity contribution < 1.29 is 27.6 Å². The molecule has 0 spiro atoms. The minimum Gasteiger partial charge on any atom is -0.349 e. The summed E-state index contributed by atoms with van der Waals surface area (Å²) in [7, 11) is 0. The van der Waals surface area contributed by atoms with Crippen LogP contribution in [0.4, 0.5) is 18.9 Å². The standard InChI is InChI=1S/C37H42F3N9O3/c38-37(39,40)31-20-27(11-14-30(31)35(51)43-29-15-17-42-18-16-29)24-5-1-22(2-6-24)19-32(45-34(50)26-7-3-23(21-41)4-8-26)36(52)44-28-12-9-25(10-13-28)33-46-48-49-47-33/h1-2,5-6,9-14,20,23,26,29,32,42H,3-4,7-8,15-19,21,41H2,(H,43,51)(H,44,52)(H,45,50)(H,46,47,48,49). The number of carbonyl (C=O) groups excluding carboxylic acids is 3. The van der Waals surface area contributed by atoms with Crippen molar-refractivity contribution in [2.24, 2.45) is 17.6 Å². The topological polar surface area (TPSA) is 180 Å². The molecule has 274 valence electrons. The molecule has 4 aromatic rings. The summed E-state index contributed by atoms with van der Waals surface area (Å²) < 4.78 is 42.6. The van der Waals surface area contributed by atoms with E-state index in [4.69, 9.17) is 5.73 Å². The summed E-state index contributed by atoms with van der Waals surface area (Å²) in [5.74, 6) is -0.821. The van der Waals surface area contributed by atoms with Gasteiger partial charge in [-0.1, -0.05) is 30.3 Å². The summed E-state index contributed by atoms with van der Waals surface area (Å²) in [4.78, 5) is 40.0. The fraction of sp³-hybridized carbons (Fsp3) is 0.405. The number of nitrogens with two attached hydrogens (primary N) is 1. The highest BCUT2D eigenvalue weighted by atomic mass is 19.4. The van der Waals surface area contributed by atoms with E-state index in [1.807, 2.05) is 0 Å². The number of halogens is 3. The lowest BCUT2D eigenvalue weighted by Crippen LogP contribution is -2.48. The molecule has 3 aromatic carbocycles. The van der Waals surface area contributed by atoms with Gasteiger partial charge in [-0.3, -0.25) is 14.4 Å². The minimum atomic E-state index is -4.74. The smallest absolute Gasteiger partial charge is 0.349 e. The van der Waals surface area contributed by atoms with Crippen LogP contribution >= 0.6 is 0 Å². The predicted molar refractivity (Wildman–Crippen MR) is 189 cm³/mol. The van der Waals surface area contributed by atoms with Crippen molar-refractivity contribution in [1.29, 1.82) is 0 Å². The number of aromatic amines is 1. The third kappa shape index (κ3) is 9.19. The van der Waals surface area contributed by atoms with Crippen molar-refractivity contribution in [2.45, 2.75) is 63.2 Å². The van der Waals surface area contributed by atoms with Crippen LogP contribution in [0.3, 0.4) is 0 Å². The number of piperidine rings is 1. The molecule has 2 fully saturated rings. The van der Waals surface area contributed by atoms with Gasteiger partial charge in [0.25, 0.3) is 5.91 Å². The van der Waals surface area contributed by atoms with E-state index in [0.29, 0.717) is 79.4 Å². The molecule has 1 atom stereocenters. The van der Waals surface area contributed by atoms with E-state index in [0.717, 1.165) is 18.9 Å². The summed E-state index contributed by atoms with van der Waals surface area (Å²) in [6.45, 7) is 1.96. The molecule has 52 heavy (non-hydrogen) atoms. The lowest BCUT2D eigenvalue weighted by atomic mass is 9.81. The van der Waals surface area contributed by atoms with Crippen molar-refractivity contribution in [3.63, 3.8) is 0 Å². The van der Waals surface area contributed by atoms with Gasteiger partial charge in [0.05, 0.1) is 11.1 Å². The van der Waals surface area contributed by atoms with Crippen molar-refractivity contribution in [3.8, 4) is 22.5 Å². The number of anilines is 1. The first kappa shape index (κ1) is 36.6. The largest absolute Gasteiger partial charge is 0.417 e. The number of tetrazole rings is 1. The maximum atomic E-state index is 14.2. The molecule has 1 saturated heterocycles. The Bertz CT molecular complexity index is 1820. The van der Waals surface area contributed by atoms with Crippen LogP contribution in [0.1, 0.15) is 60.0 Å². The van der Waals surface area contributed by atoms with Gasteiger partial charge in [0.1, 0.15) is 6.04 Å². The molecule has 6 rings (SSSR count). The van der Waals surface area contributed by atoms with Crippen LogP contribution in [0.25, 0.3) is 22.5 Å². The molecular weight excluding hydrogens is 675 g/mol. The molecule has 1 aliphatic heterocycles. The normalized spacial score (nSPS) is 18.7. The van der Waals surface area contributed by atoms with Crippen molar-refractivity contribution >= 4 is 23.4 Å². The molecule has 2 heterocycles. The van der Waals surface area contributed by atoms with Crippen LogP contribution in [0.5, 0.6) is 0 Å². The summed E-state index contributed by atoms with van der Waals surface area (Å²) >= 11 is 0. The van der Waals surface area contributed by atoms with E-state index < -0.39 is 35.2 Å². The molecule has 2 aliphatic rings. The molecular formula is C37H42F3N9O3. The SMILES string of the molecule is NCC1CCC(C(=O)NC(Cc2ccc(-c3ccc(C(=O)NC4CCNCC4)c(C(F)(F)F)c3)cc2)C(=O)Nc2ccc(-c3nn[nH]n3)cc2)CC1. The Hall–Kier alpha value is -5.15. The second-order valence-electron chi connectivity index (χ2n) is 13.5. The van der Waals surface area contributed by atoms with Gasteiger partial charge in [-0.15, -0.1) is 10.2 Å². The van der Waals surface area contributed by atoms with Crippen LogP contribution < -0.4 is 27.0 Å². The molecule has 0 bridgehead atoms. The number of H-pyrrole nitrogens is 1. The average molecular weight is 718 g/mol. The number of hydrogen-bond acceptors (Lipinski definition) is 8. The highest BCUT2D eigenvalue weighted by Gasteiger charge is 2.36. The molecule has 12 nitrogen and oxygen atoms in total. The second kappa shape index (κ2) is 16.5. The van der Waals surface area contributed by atoms with E-state index in [9.17, 15) is 27.6 Å². The van der Waals surface area contributed by atoms with Crippen LogP contribution in [0, 0.1) is 11.8 Å². The number of amides is 3. The number of nitrogens with one attached hydrogen (secondary N) is 5. The molecule has 7 N–H and O–H groups in total. The summed E-state index contributed by atoms with van der Waals surface area (Å²) in [6, 6.07) is 16.2. The lowest BCUT2D eigenvalue weighted by molar-refractivity contribution is -0.138. The third-order valence-electron chi connectivity index (χ3n) is 9.91. The van der Waals surface area contributed by atoms with Gasteiger partial charge in [0.2, 0.25) is 17.6 Å².